The molecule has 0 aliphatic rings. The zero-order valence-corrected chi connectivity index (χ0v) is 20.8. The van der Waals surface area contributed by atoms with Gasteiger partial charge in [0.25, 0.3) is 0 Å². The van der Waals surface area contributed by atoms with Gasteiger partial charge in [-0.2, -0.15) is 0 Å². The molecule has 0 atom stereocenters. The van der Waals surface area contributed by atoms with Gasteiger partial charge < -0.3 is 33.1 Å². The maximum atomic E-state index is 8.74. The van der Waals surface area contributed by atoms with E-state index >= 15 is 0 Å². The average Bonchev–Trinajstić information content (AvgIpc) is 1.54. The van der Waals surface area contributed by atoms with E-state index in [1.54, 1.807) is 0 Å². The Balaban J connectivity index is -0.00000000827. The van der Waals surface area contributed by atoms with Crippen molar-refractivity contribution in [1.82, 2.24) is 0 Å². The molecular weight excluding hydrogens is 346 g/mol. The topological polar surface area (TPSA) is 173 Å². The molecule has 0 aromatic rings. The molecule has 0 saturated heterocycles. The van der Waals surface area contributed by atoms with E-state index in [0.29, 0.717) is 0 Å². The van der Waals surface area contributed by atoms with Crippen molar-refractivity contribution < 1.29 is 201 Å². The molecule has 0 aromatic heterocycles. The Bertz CT molecular complexity index is 130. The molecule has 6 N–H and O–H groups in total. The van der Waals surface area contributed by atoms with E-state index in [9.17, 15) is 0 Å². The largest absolute Gasteiger partial charge is 1.00 e. The third-order valence-electron chi connectivity index (χ3n) is 0. The second-order valence-electron chi connectivity index (χ2n) is 0.848. The number of hydrogen-bond donors (Lipinski definition) is 6. The molecule has 0 saturated carbocycles. The zero-order valence-electron chi connectivity index (χ0n) is 11.4. The Hall–Kier alpha value is 3.76. The van der Waals surface area contributed by atoms with Crippen LogP contribution in [0.5, 0.6) is 0 Å². The molecule has 0 bridgehead atoms. The Morgan fingerprint density at radius 2 is 0.533 bits per heavy atom. The van der Waals surface area contributed by atoms with Crippen molar-refractivity contribution in [1.29, 1.82) is 0 Å². The molecule has 15 heavy (non-hydrogen) atoms. The predicted octanol–water partition coefficient (Wildman–Crippen LogP) is -13.5. The summed E-state index contributed by atoms with van der Waals surface area (Å²) in [5, 5.41) is 0. The van der Waals surface area contributed by atoms with E-state index < -0.39 is 27.5 Å². The summed E-state index contributed by atoms with van der Waals surface area (Å²) >= 11 is 0. The van der Waals surface area contributed by atoms with Gasteiger partial charge in [-0.15, -0.1) is 0 Å². The molecule has 0 amide bonds. The van der Waals surface area contributed by atoms with Crippen molar-refractivity contribution in [2.75, 3.05) is 0 Å². The normalized spacial score (nSPS) is 4.80. The van der Waals surface area contributed by atoms with Crippen molar-refractivity contribution in [3.8, 4) is 0 Å². The van der Waals surface area contributed by atoms with E-state index in [1.807, 2.05) is 0 Å². The fourth-order valence-electron chi connectivity index (χ4n) is 0. The molecule has 0 radical (unpaired) electrons. The van der Waals surface area contributed by atoms with Crippen molar-refractivity contribution in [2.45, 2.75) is 0 Å². The van der Waals surface area contributed by atoms with Crippen LogP contribution < -0.4 is 154 Å². The molecule has 15 heteroatoms. The zero-order chi connectivity index (χ0) is 10.7. The van der Waals surface area contributed by atoms with E-state index in [0.717, 1.165) is 0 Å². The van der Waals surface area contributed by atoms with Crippen molar-refractivity contribution in [2.24, 2.45) is 0 Å². The maximum Gasteiger partial charge on any atom is 1.00 e. The van der Waals surface area contributed by atoms with Crippen LogP contribution >= 0.6 is 0 Å². The molecular formula is H9K3O9Si3. The minimum absolute atomic E-state index is 0. The van der Waals surface area contributed by atoms with Crippen LogP contribution in [-0.4, -0.2) is 56.3 Å². The average molecular weight is 355 g/mol. The van der Waals surface area contributed by atoms with Gasteiger partial charge in [-0.25, -0.2) is 0 Å². The molecule has 0 aromatic carbocycles. The van der Waals surface area contributed by atoms with Gasteiger partial charge in [-0.05, 0) is 0 Å². The smallest absolute Gasteiger partial charge is 1.00 e. The second kappa shape index (κ2) is 30.6. The predicted molar refractivity (Wildman–Crippen MR) is 36.0 cm³/mol. The fourth-order valence-corrected chi connectivity index (χ4v) is 0. The van der Waals surface area contributed by atoms with Gasteiger partial charge in [-0.1, -0.05) is 0 Å². The molecule has 0 fully saturated rings. The summed E-state index contributed by atoms with van der Waals surface area (Å²) in [5.41, 5.74) is 0. The van der Waals surface area contributed by atoms with Crippen LogP contribution in [0.3, 0.4) is 0 Å². The standard InChI is InChI=1S/3K.3H2O3Si.3H/c;;;3*1-4(2)3;;;/h;;;3*1-2H;;;/q3*+1;;;;3*-1. The van der Waals surface area contributed by atoms with Gasteiger partial charge >= 0.3 is 182 Å². The molecule has 78 valence electrons. The first-order valence-electron chi connectivity index (χ1n) is 1.95. The molecule has 0 unspecified atom stereocenters. The summed E-state index contributed by atoms with van der Waals surface area (Å²) in [4.78, 5) is 42.9. The van der Waals surface area contributed by atoms with Gasteiger partial charge in [0.2, 0.25) is 0 Å². The number of rotatable bonds is 0. The second-order valence-corrected chi connectivity index (χ2v) is 2.54. The summed E-state index contributed by atoms with van der Waals surface area (Å²) in [7, 11) is -9.39. The minimum Gasteiger partial charge on any atom is -1.00 e. The first-order chi connectivity index (χ1) is 5.20. The molecule has 0 heterocycles. The Kier molecular flexibility index (Phi) is 74.2. The van der Waals surface area contributed by atoms with Crippen LogP contribution in [0.1, 0.15) is 4.28 Å². The van der Waals surface area contributed by atoms with Crippen LogP contribution in [0.2, 0.25) is 0 Å². The monoisotopic (exact) mass is 354 g/mol. The summed E-state index contributed by atoms with van der Waals surface area (Å²) in [5.74, 6) is 0. The molecule has 0 spiro atoms. The minimum atomic E-state index is -3.13. The van der Waals surface area contributed by atoms with Crippen LogP contribution in [-0.2, 0) is 13.4 Å². The Labute approximate surface area is 222 Å². The van der Waals surface area contributed by atoms with Crippen molar-refractivity contribution in [3.63, 3.8) is 0 Å². The van der Waals surface area contributed by atoms with Gasteiger partial charge in [-0.3, -0.25) is 13.4 Å². The quantitative estimate of drug-likeness (QED) is 0.231. The number of hydrogen-bond acceptors (Lipinski definition) is 3. The van der Waals surface area contributed by atoms with Crippen molar-refractivity contribution in [3.05, 3.63) is 0 Å². The van der Waals surface area contributed by atoms with E-state index in [-0.39, 0.29) is 158 Å². The van der Waals surface area contributed by atoms with E-state index in [2.05, 4.69) is 0 Å². The van der Waals surface area contributed by atoms with Gasteiger partial charge in [0, 0.05) is 0 Å². The summed E-state index contributed by atoms with van der Waals surface area (Å²) in [6.45, 7) is 0. The maximum absolute atomic E-state index is 8.74. The van der Waals surface area contributed by atoms with Gasteiger partial charge in [0.15, 0.2) is 0 Å². The third-order valence-corrected chi connectivity index (χ3v) is 0. The van der Waals surface area contributed by atoms with Gasteiger partial charge in [0.05, 0.1) is 0 Å². The van der Waals surface area contributed by atoms with Crippen molar-refractivity contribution >= 4 is 27.5 Å². The molecule has 0 aliphatic heterocycles. The molecule has 0 aliphatic carbocycles. The first kappa shape index (κ1) is 36.3. The summed E-state index contributed by atoms with van der Waals surface area (Å²) in [6, 6.07) is 0. The van der Waals surface area contributed by atoms with Crippen LogP contribution in [0, 0.1) is 0 Å². The van der Waals surface area contributed by atoms with Crippen LogP contribution in [0.15, 0.2) is 0 Å². The van der Waals surface area contributed by atoms with Crippen LogP contribution in [0.4, 0.5) is 0 Å². The van der Waals surface area contributed by atoms with E-state index in [4.69, 9.17) is 42.2 Å². The Morgan fingerprint density at radius 3 is 0.533 bits per heavy atom. The SMILES string of the molecule is O=[Si](O)O.O=[Si](O)O.O=[Si](O)O.[H-].[H-].[H-].[K+].[K+].[K+]. The molecule has 9 nitrogen and oxygen atoms in total. The van der Waals surface area contributed by atoms with E-state index in [1.165, 1.54) is 0 Å². The summed E-state index contributed by atoms with van der Waals surface area (Å²) in [6.07, 6.45) is 0. The summed E-state index contributed by atoms with van der Waals surface area (Å²) < 4.78 is 26.2. The Morgan fingerprint density at radius 1 is 0.533 bits per heavy atom. The van der Waals surface area contributed by atoms with Crippen LogP contribution in [0.25, 0.3) is 0 Å². The first-order valence-corrected chi connectivity index (χ1v) is 5.86. The third kappa shape index (κ3) is 312. The molecule has 0 rings (SSSR count). The van der Waals surface area contributed by atoms with Gasteiger partial charge in [0.1, 0.15) is 0 Å². The fraction of sp³-hybridized carbons (Fsp3) is 0.